The van der Waals surface area contributed by atoms with Crippen LogP contribution in [0.2, 0.25) is 5.02 Å². The summed E-state index contributed by atoms with van der Waals surface area (Å²) in [4.78, 5) is 21.8. The number of benzene rings is 2. The van der Waals surface area contributed by atoms with Crippen molar-refractivity contribution in [3.8, 4) is 12.3 Å². The van der Waals surface area contributed by atoms with Crippen molar-refractivity contribution in [2.24, 2.45) is 4.99 Å². The number of amides is 1. The van der Waals surface area contributed by atoms with Crippen LogP contribution in [0.4, 0.5) is 0 Å². The summed E-state index contributed by atoms with van der Waals surface area (Å²) in [7, 11) is 0. The fraction of sp³-hybridized carbons (Fsp3) is 0.105. The van der Waals surface area contributed by atoms with E-state index in [0.29, 0.717) is 21.9 Å². The average Bonchev–Trinajstić information content (AvgIpc) is 3.23. The van der Waals surface area contributed by atoms with E-state index in [9.17, 15) is 4.79 Å². The van der Waals surface area contributed by atoms with Crippen LogP contribution in [0.15, 0.2) is 40.8 Å². The van der Waals surface area contributed by atoms with E-state index in [1.54, 1.807) is 11.6 Å². The van der Waals surface area contributed by atoms with Crippen LogP contribution in [-0.2, 0) is 6.54 Å². The van der Waals surface area contributed by atoms with Gasteiger partial charge in [-0.3, -0.25) is 4.79 Å². The number of hydrogen-bond donors (Lipinski definition) is 0. The maximum absolute atomic E-state index is 12.7. The molecule has 4 nitrogen and oxygen atoms in total. The van der Waals surface area contributed by atoms with Gasteiger partial charge in [-0.2, -0.15) is 4.99 Å². The normalized spacial score (nSPS) is 12.0. The number of nitrogens with zero attached hydrogens (tertiary/aromatic N) is 3. The molecule has 0 saturated carbocycles. The van der Waals surface area contributed by atoms with Crippen molar-refractivity contribution in [1.82, 2.24) is 9.55 Å². The first-order valence-corrected chi connectivity index (χ1v) is 9.80. The molecule has 7 heteroatoms. The summed E-state index contributed by atoms with van der Waals surface area (Å²) >= 11 is 9.17. The van der Waals surface area contributed by atoms with Gasteiger partial charge in [0.1, 0.15) is 0 Å². The number of carbonyl (C=O) groups is 1. The molecule has 0 fully saturated rings. The van der Waals surface area contributed by atoms with Crippen LogP contribution < -0.4 is 4.80 Å². The maximum atomic E-state index is 12.7. The molecule has 0 atom stereocenters. The highest BCUT2D eigenvalue weighted by atomic mass is 35.5. The van der Waals surface area contributed by atoms with Crippen LogP contribution in [0.5, 0.6) is 0 Å². The number of aromatic nitrogens is 2. The Hall–Kier alpha value is -2.46. The zero-order chi connectivity index (χ0) is 18.3. The van der Waals surface area contributed by atoms with Crippen molar-refractivity contribution in [1.29, 1.82) is 0 Å². The Kier molecular flexibility index (Phi) is 4.37. The lowest BCUT2D eigenvalue weighted by Gasteiger charge is -2.04. The first kappa shape index (κ1) is 17.0. The van der Waals surface area contributed by atoms with Crippen LogP contribution in [0.3, 0.4) is 0 Å². The highest BCUT2D eigenvalue weighted by molar-refractivity contribution is 7.17. The summed E-state index contributed by atoms with van der Waals surface area (Å²) in [6, 6.07) is 9.17. The van der Waals surface area contributed by atoms with Gasteiger partial charge in [0, 0.05) is 10.6 Å². The van der Waals surface area contributed by atoms with E-state index < -0.39 is 0 Å². The standard InChI is InChI=1S/C19H12ClN3OS2/c1-3-8-23-17-11(2)13(20)5-7-15(17)26-19(23)22-18(24)12-4-6-14-16(9-12)25-10-21-14/h1,4-7,9-10H,8H2,2H3. The van der Waals surface area contributed by atoms with Crippen molar-refractivity contribution in [3.63, 3.8) is 0 Å². The summed E-state index contributed by atoms with van der Waals surface area (Å²) in [6.45, 7) is 2.26. The lowest BCUT2D eigenvalue weighted by atomic mass is 10.2. The Labute approximate surface area is 162 Å². The molecular formula is C19H12ClN3OS2. The number of thiazole rings is 2. The average molecular weight is 398 g/mol. The second kappa shape index (κ2) is 6.69. The van der Waals surface area contributed by atoms with E-state index in [4.69, 9.17) is 18.0 Å². The number of rotatable bonds is 2. The fourth-order valence-corrected chi connectivity index (χ4v) is 4.73. The summed E-state index contributed by atoms with van der Waals surface area (Å²) in [5.74, 6) is 2.33. The molecule has 4 aromatic rings. The summed E-state index contributed by atoms with van der Waals surface area (Å²) < 4.78 is 3.82. The van der Waals surface area contributed by atoms with Crippen molar-refractivity contribution in [2.75, 3.05) is 0 Å². The van der Waals surface area contributed by atoms with Crippen LogP contribution in [0.1, 0.15) is 15.9 Å². The number of halogens is 1. The van der Waals surface area contributed by atoms with Crippen molar-refractivity contribution in [2.45, 2.75) is 13.5 Å². The molecule has 1 amide bonds. The zero-order valence-corrected chi connectivity index (χ0v) is 16.1. The monoisotopic (exact) mass is 397 g/mol. The molecular weight excluding hydrogens is 386 g/mol. The lowest BCUT2D eigenvalue weighted by Crippen LogP contribution is -2.17. The molecule has 0 aliphatic carbocycles. The third kappa shape index (κ3) is 2.84. The molecule has 0 aliphatic heterocycles. The Morgan fingerprint density at radius 1 is 1.35 bits per heavy atom. The van der Waals surface area contributed by atoms with Gasteiger partial charge in [0.25, 0.3) is 5.91 Å². The predicted molar refractivity (Wildman–Crippen MR) is 108 cm³/mol. The molecule has 0 spiro atoms. The lowest BCUT2D eigenvalue weighted by molar-refractivity contribution is 0.0998. The van der Waals surface area contributed by atoms with E-state index in [-0.39, 0.29) is 5.91 Å². The van der Waals surface area contributed by atoms with Gasteiger partial charge in [-0.05, 0) is 42.8 Å². The molecule has 2 aromatic carbocycles. The van der Waals surface area contributed by atoms with E-state index >= 15 is 0 Å². The smallest absolute Gasteiger partial charge is 0.279 e. The number of aryl methyl sites for hydroxylation is 1. The molecule has 0 bridgehead atoms. The number of fused-ring (bicyclic) bond motifs is 2. The van der Waals surface area contributed by atoms with Crippen molar-refractivity contribution in [3.05, 3.63) is 56.8 Å². The molecule has 2 heterocycles. The fourth-order valence-electron chi connectivity index (χ4n) is 2.78. The minimum atomic E-state index is -0.304. The van der Waals surface area contributed by atoms with Gasteiger partial charge in [0.05, 0.1) is 32.5 Å². The van der Waals surface area contributed by atoms with Gasteiger partial charge < -0.3 is 4.57 Å². The van der Waals surface area contributed by atoms with Crippen molar-refractivity contribution < 1.29 is 4.79 Å². The third-order valence-electron chi connectivity index (χ3n) is 4.05. The predicted octanol–water partition coefficient (Wildman–Crippen LogP) is 4.65. The summed E-state index contributed by atoms with van der Waals surface area (Å²) in [5, 5.41) is 0.662. The van der Waals surface area contributed by atoms with Gasteiger partial charge >= 0.3 is 0 Å². The SMILES string of the molecule is C#CCn1c(=NC(=O)c2ccc3ncsc3c2)sc2ccc(Cl)c(C)c21. The van der Waals surface area contributed by atoms with E-state index in [1.807, 2.05) is 35.8 Å². The van der Waals surface area contributed by atoms with Crippen LogP contribution in [-0.4, -0.2) is 15.5 Å². The van der Waals surface area contributed by atoms with Crippen LogP contribution in [0.25, 0.3) is 20.4 Å². The molecule has 2 aromatic heterocycles. The Bertz CT molecular complexity index is 1270. The summed E-state index contributed by atoms with van der Waals surface area (Å²) in [5.41, 5.74) is 5.01. The van der Waals surface area contributed by atoms with Gasteiger partial charge in [-0.25, -0.2) is 4.98 Å². The number of hydrogen-bond acceptors (Lipinski definition) is 4. The first-order chi connectivity index (χ1) is 12.6. The molecule has 26 heavy (non-hydrogen) atoms. The molecule has 0 saturated heterocycles. The van der Waals surface area contributed by atoms with Gasteiger partial charge in [-0.1, -0.05) is 28.9 Å². The Balaban J connectivity index is 1.89. The third-order valence-corrected chi connectivity index (χ3v) is 6.30. The second-order valence-electron chi connectivity index (χ2n) is 5.65. The van der Waals surface area contributed by atoms with Gasteiger partial charge in [0.15, 0.2) is 4.80 Å². The number of carbonyl (C=O) groups excluding carboxylic acids is 1. The molecule has 0 radical (unpaired) electrons. The molecule has 0 unspecified atom stereocenters. The van der Waals surface area contributed by atoms with E-state index in [1.165, 1.54) is 22.7 Å². The minimum absolute atomic E-state index is 0.304. The van der Waals surface area contributed by atoms with Crippen LogP contribution in [0, 0.1) is 19.3 Å². The second-order valence-corrected chi connectivity index (χ2v) is 7.95. The zero-order valence-electron chi connectivity index (χ0n) is 13.7. The van der Waals surface area contributed by atoms with Gasteiger partial charge in [-0.15, -0.1) is 17.8 Å². The largest absolute Gasteiger partial charge is 0.304 e. The molecule has 4 rings (SSSR count). The topological polar surface area (TPSA) is 47.2 Å². The summed E-state index contributed by atoms with van der Waals surface area (Å²) in [6.07, 6.45) is 5.53. The van der Waals surface area contributed by atoms with Crippen molar-refractivity contribution >= 4 is 60.6 Å². The molecule has 0 N–H and O–H groups in total. The Morgan fingerprint density at radius 2 is 2.19 bits per heavy atom. The molecule has 0 aliphatic rings. The highest BCUT2D eigenvalue weighted by Crippen LogP contribution is 2.27. The maximum Gasteiger partial charge on any atom is 0.279 e. The highest BCUT2D eigenvalue weighted by Gasteiger charge is 2.13. The first-order valence-electron chi connectivity index (χ1n) is 7.72. The number of terminal acetylenes is 1. The molecule has 128 valence electrons. The quantitative estimate of drug-likeness (QED) is 0.462. The van der Waals surface area contributed by atoms with E-state index in [2.05, 4.69) is 15.9 Å². The van der Waals surface area contributed by atoms with Crippen LogP contribution >= 0.6 is 34.3 Å². The van der Waals surface area contributed by atoms with Gasteiger partial charge in [0.2, 0.25) is 0 Å². The van der Waals surface area contributed by atoms with E-state index in [0.717, 1.165) is 26.0 Å². The Morgan fingerprint density at radius 3 is 3.00 bits per heavy atom. The minimum Gasteiger partial charge on any atom is -0.304 e.